The van der Waals surface area contributed by atoms with Crippen molar-refractivity contribution in [3.63, 3.8) is 0 Å². The van der Waals surface area contributed by atoms with E-state index in [4.69, 9.17) is 5.73 Å². The highest BCUT2D eigenvalue weighted by Crippen LogP contribution is 2.40. The van der Waals surface area contributed by atoms with Crippen LogP contribution >= 0.6 is 0 Å². The van der Waals surface area contributed by atoms with Crippen LogP contribution in [0.3, 0.4) is 0 Å². The highest BCUT2D eigenvalue weighted by molar-refractivity contribution is 4.91. The zero-order valence-electron chi connectivity index (χ0n) is 13.7. The van der Waals surface area contributed by atoms with E-state index in [-0.39, 0.29) is 0 Å². The van der Waals surface area contributed by atoms with Crippen LogP contribution in [0.4, 0.5) is 0 Å². The van der Waals surface area contributed by atoms with Gasteiger partial charge in [-0.3, -0.25) is 0 Å². The standard InChI is InChI=1S/C17H34N2/c1-16(2,3)14-6-7-15(18)13(10-14)11-19-9-8-17(4,5)12-19/h13-15H,6-12,18H2,1-5H3. The first-order chi connectivity index (χ1) is 8.67. The van der Waals surface area contributed by atoms with Crippen molar-refractivity contribution in [1.82, 2.24) is 4.90 Å². The summed E-state index contributed by atoms with van der Waals surface area (Å²) in [5, 5.41) is 0. The summed E-state index contributed by atoms with van der Waals surface area (Å²) >= 11 is 0. The zero-order valence-corrected chi connectivity index (χ0v) is 13.7. The van der Waals surface area contributed by atoms with E-state index in [0.717, 1.165) is 5.92 Å². The van der Waals surface area contributed by atoms with Gasteiger partial charge in [-0.05, 0) is 54.9 Å². The fourth-order valence-corrected chi connectivity index (χ4v) is 4.00. The molecule has 1 aliphatic carbocycles. The number of rotatable bonds is 2. The smallest absolute Gasteiger partial charge is 0.00795 e. The molecule has 2 N–H and O–H groups in total. The van der Waals surface area contributed by atoms with E-state index >= 15 is 0 Å². The topological polar surface area (TPSA) is 29.3 Å². The lowest BCUT2D eigenvalue weighted by molar-refractivity contribution is 0.103. The van der Waals surface area contributed by atoms with E-state index in [2.05, 4.69) is 39.5 Å². The molecule has 2 rings (SSSR count). The van der Waals surface area contributed by atoms with Gasteiger partial charge < -0.3 is 10.6 Å². The van der Waals surface area contributed by atoms with Gasteiger partial charge in [-0.15, -0.1) is 0 Å². The van der Waals surface area contributed by atoms with Gasteiger partial charge in [0.1, 0.15) is 0 Å². The number of nitrogens with zero attached hydrogens (tertiary/aromatic N) is 1. The minimum absolute atomic E-state index is 0.433. The first-order valence-electron chi connectivity index (χ1n) is 8.15. The second-order valence-electron chi connectivity index (χ2n) is 8.95. The second kappa shape index (κ2) is 5.37. The normalized spacial score (nSPS) is 36.6. The average Bonchev–Trinajstić information content (AvgIpc) is 2.60. The molecule has 1 saturated carbocycles. The summed E-state index contributed by atoms with van der Waals surface area (Å²) in [6.07, 6.45) is 5.23. The maximum absolute atomic E-state index is 6.40. The third-order valence-electron chi connectivity index (χ3n) is 5.52. The summed E-state index contributed by atoms with van der Waals surface area (Å²) in [7, 11) is 0. The van der Waals surface area contributed by atoms with Crippen molar-refractivity contribution in [3.8, 4) is 0 Å². The molecule has 2 aliphatic rings. The maximum atomic E-state index is 6.40. The fraction of sp³-hybridized carbons (Fsp3) is 1.00. The second-order valence-corrected chi connectivity index (χ2v) is 8.95. The summed E-state index contributed by atoms with van der Waals surface area (Å²) in [6, 6.07) is 0.433. The van der Waals surface area contributed by atoms with Crippen LogP contribution in [0.25, 0.3) is 0 Å². The van der Waals surface area contributed by atoms with Crippen LogP contribution in [0.15, 0.2) is 0 Å². The summed E-state index contributed by atoms with van der Waals surface area (Å²) < 4.78 is 0. The molecule has 0 bridgehead atoms. The molecular weight excluding hydrogens is 232 g/mol. The molecule has 0 aromatic carbocycles. The Morgan fingerprint density at radius 3 is 2.42 bits per heavy atom. The molecule has 3 unspecified atom stereocenters. The Bertz CT molecular complexity index is 303. The molecule has 0 radical (unpaired) electrons. The van der Waals surface area contributed by atoms with Crippen LogP contribution in [0.2, 0.25) is 0 Å². The fourth-order valence-electron chi connectivity index (χ4n) is 4.00. The maximum Gasteiger partial charge on any atom is 0.00795 e. The Kier molecular flexibility index (Phi) is 4.32. The molecule has 0 aromatic heterocycles. The van der Waals surface area contributed by atoms with Crippen LogP contribution < -0.4 is 5.73 Å². The Morgan fingerprint density at radius 2 is 1.89 bits per heavy atom. The van der Waals surface area contributed by atoms with Crippen molar-refractivity contribution >= 4 is 0 Å². The molecule has 3 atom stereocenters. The summed E-state index contributed by atoms with van der Waals surface area (Å²) in [5.41, 5.74) is 7.37. The van der Waals surface area contributed by atoms with Gasteiger partial charge in [0.15, 0.2) is 0 Å². The highest BCUT2D eigenvalue weighted by Gasteiger charge is 2.37. The quantitative estimate of drug-likeness (QED) is 0.829. The molecule has 0 amide bonds. The van der Waals surface area contributed by atoms with E-state index in [9.17, 15) is 0 Å². The molecule has 1 aliphatic heterocycles. The molecule has 2 fully saturated rings. The lowest BCUT2D eigenvalue weighted by Gasteiger charge is -2.42. The van der Waals surface area contributed by atoms with E-state index in [1.165, 1.54) is 45.3 Å². The van der Waals surface area contributed by atoms with Crippen molar-refractivity contribution in [2.75, 3.05) is 19.6 Å². The molecule has 0 spiro atoms. The minimum Gasteiger partial charge on any atom is -0.327 e. The number of hydrogen-bond donors (Lipinski definition) is 1. The Hall–Kier alpha value is -0.0800. The average molecular weight is 266 g/mol. The van der Waals surface area contributed by atoms with E-state index in [1.807, 2.05) is 0 Å². The number of hydrogen-bond acceptors (Lipinski definition) is 2. The molecule has 1 heterocycles. The Balaban J connectivity index is 1.91. The summed E-state index contributed by atoms with van der Waals surface area (Å²) in [6.45, 7) is 15.7. The van der Waals surface area contributed by atoms with Gasteiger partial charge >= 0.3 is 0 Å². The van der Waals surface area contributed by atoms with Crippen LogP contribution in [-0.2, 0) is 0 Å². The van der Waals surface area contributed by atoms with Crippen LogP contribution in [-0.4, -0.2) is 30.6 Å². The van der Waals surface area contributed by atoms with Gasteiger partial charge in [0.2, 0.25) is 0 Å². The van der Waals surface area contributed by atoms with Crippen molar-refractivity contribution in [2.24, 2.45) is 28.4 Å². The largest absolute Gasteiger partial charge is 0.327 e. The van der Waals surface area contributed by atoms with Crippen LogP contribution in [0.5, 0.6) is 0 Å². The molecule has 19 heavy (non-hydrogen) atoms. The molecular formula is C17H34N2. The molecule has 2 nitrogen and oxygen atoms in total. The third kappa shape index (κ3) is 3.95. The molecule has 0 aromatic rings. The van der Waals surface area contributed by atoms with E-state index in [0.29, 0.717) is 22.8 Å². The predicted molar refractivity (Wildman–Crippen MR) is 83.1 cm³/mol. The van der Waals surface area contributed by atoms with Gasteiger partial charge in [0.05, 0.1) is 0 Å². The van der Waals surface area contributed by atoms with Gasteiger partial charge in [0.25, 0.3) is 0 Å². The van der Waals surface area contributed by atoms with Crippen LogP contribution in [0.1, 0.15) is 60.3 Å². The number of nitrogens with two attached hydrogens (primary N) is 1. The SMILES string of the molecule is CC1(C)CCN(CC2CC(C(C)(C)C)CCC2N)C1. The van der Waals surface area contributed by atoms with E-state index < -0.39 is 0 Å². The van der Waals surface area contributed by atoms with Crippen molar-refractivity contribution < 1.29 is 0 Å². The zero-order chi connectivity index (χ0) is 14.3. The predicted octanol–water partition coefficient (Wildman–Crippen LogP) is 3.51. The van der Waals surface area contributed by atoms with Gasteiger partial charge in [-0.1, -0.05) is 34.6 Å². The lowest BCUT2D eigenvalue weighted by atomic mass is 9.67. The van der Waals surface area contributed by atoms with Gasteiger partial charge in [-0.25, -0.2) is 0 Å². The van der Waals surface area contributed by atoms with Crippen molar-refractivity contribution in [3.05, 3.63) is 0 Å². The van der Waals surface area contributed by atoms with E-state index in [1.54, 1.807) is 0 Å². The summed E-state index contributed by atoms with van der Waals surface area (Å²) in [4.78, 5) is 2.66. The Labute approximate surface area is 120 Å². The van der Waals surface area contributed by atoms with Crippen molar-refractivity contribution in [2.45, 2.75) is 66.3 Å². The summed E-state index contributed by atoms with van der Waals surface area (Å²) in [5.74, 6) is 1.57. The molecule has 112 valence electrons. The molecule has 2 heteroatoms. The molecule has 1 saturated heterocycles. The van der Waals surface area contributed by atoms with Gasteiger partial charge in [0, 0.05) is 19.1 Å². The van der Waals surface area contributed by atoms with Crippen molar-refractivity contribution in [1.29, 1.82) is 0 Å². The number of likely N-dealkylation sites (tertiary alicyclic amines) is 1. The first kappa shape index (κ1) is 15.3. The van der Waals surface area contributed by atoms with Gasteiger partial charge in [-0.2, -0.15) is 0 Å². The Morgan fingerprint density at radius 1 is 1.21 bits per heavy atom. The monoisotopic (exact) mass is 266 g/mol. The third-order valence-corrected chi connectivity index (χ3v) is 5.52. The first-order valence-corrected chi connectivity index (χ1v) is 8.15. The lowest BCUT2D eigenvalue weighted by Crippen LogP contribution is -2.44. The van der Waals surface area contributed by atoms with Crippen LogP contribution in [0, 0.1) is 22.7 Å². The highest BCUT2D eigenvalue weighted by atomic mass is 15.2. The minimum atomic E-state index is 0.433.